The predicted molar refractivity (Wildman–Crippen MR) is 52.8 cm³/mol. The van der Waals surface area contributed by atoms with Crippen molar-refractivity contribution < 1.29 is 0 Å². The van der Waals surface area contributed by atoms with Gasteiger partial charge < -0.3 is 0 Å². The number of fused-ring (bicyclic) bond motifs is 3. The normalized spacial score (nSPS) is 11.3. The number of rotatable bonds is 0. The molecule has 0 atom stereocenters. The van der Waals surface area contributed by atoms with E-state index < -0.39 is 0 Å². The highest BCUT2D eigenvalue weighted by atomic mass is 32.2. The predicted octanol–water partition coefficient (Wildman–Crippen LogP) is 2.91. The maximum Gasteiger partial charge on any atom is 0.129 e. The van der Waals surface area contributed by atoms with Gasteiger partial charge in [0.1, 0.15) is 9.53 Å². The topological polar surface area (TPSA) is 25.8 Å². The molecule has 1 aromatic carbocycles. The van der Waals surface area contributed by atoms with Gasteiger partial charge in [0.2, 0.25) is 0 Å². The van der Waals surface area contributed by atoms with Crippen LogP contribution in [0.1, 0.15) is 0 Å². The van der Waals surface area contributed by atoms with Crippen molar-refractivity contribution in [3.8, 4) is 0 Å². The second kappa shape index (κ2) is 2.24. The van der Waals surface area contributed by atoms with Gasteiger partial charge in [0.15, 0.2) is 0 Å². The van der Waals surface area contributed by atoms with Gasteiger partial charge in [-0.3, -0.25) is 0 Å². The largest absolute Gasteiger partial charge is 0.136 e. The highest BCUT2D eigenvalue weighted by Gasteiger charge is 2.06. The van der Waals surface area contributed by atoms with Gasteiger partial charge in [-0.1, -0.05) is 22.7 Å². The number of thiophene rings is 1. The minimum atomic E-state index is 1.06. The summed E-state index contributed by atoms with van der Waals surface area (Å²) in [5.41, 5.74) is 1.06. The van der Waals surface area contributed by atoms with E-state index in [0.717, 1.165) is 5.52 Å². The first-order chi connectivity index (χ1) is 5.95. The molecule has 0 amide bonds. The maximum absolute atomic E-state index is 4.09. The zero-order valence-electron chi connectivity index (χ0n) is 6.02. The van der Waals surface area contributed by atoms with Gasteiger partial charge in [-0.25, -0.2) is 0 Å². The van der Waals surface area contributed by atoms with Crippen LogP contribution in [-0.2, 0) is 0 Å². The molecule has 0 saturated heterocycles. The van der Waals surface area contributed by atoms with Crippen molar-refractivity contribution in [1.82, 2.24) is 9.59 Å². The van der Waals surface area contributed by atoms with Crippen molar-refractivity contribution in [2.45, 2.75) is 0 Å². The number of benzene rings is 1. The van der Waals surface area contributed by atoms with Crippen molar-refractivity contribution in [3.05, 3.63) is 24.3 Å². The van der Waals surface area contributed by atoms with Crippen LogP contribution in [0.25, 0.3) is 19.6 Å². The quantitative estimate of drug-likeness (QED) is 0.547. The van der Waals surface area contributed by atoms with Crippen molar-refractivity contribution in [2.24, 2.45) is 0 Å². The number of hydrogen-bond acceptors (Lipinski definition) is 4. The third-order valence-electron chi connectivity index (χ3n) is 1.80. The molecule has 0 aliphatic carbocycles. The van der Waals surface area contributed by atoms with E-state index in [1.165, 1.54) is 25.6 Å². The van der Waals surface area contributed by atoms with Gasteiger partial charge in [0.05, 0.1) is 0 Å². The average molecular weight is 192 g/mol. The van der Waals surface area contributed by atoms with Crippen LogP contribution >= 0.6 is 22.9 Å². The molecule has 4 heteroatoms. The molecule has 12 heavy (non-hydrogen) atoms. The van der Waals surface area contributed by atoms with E-state index in [2.05, 4.69) is 27.8 Å². The third kappa shape index (κ3) is 0.735. The molecular weight excluding hydrogens is 188 g/mol. The Bertz CT molecular complexity index is 537. The fraction of sp³-hybridized carbons (Fsp3) is 0. The monoisotopic (exact) mass is 192 g/mol. The van der Waals surface area contributed by atoms with E-state index in [4.69, 9.17) is 0 Å². The summed E-state index contributed by atoms with van der Waals surface area (Å²) in [6.07, 6.45) is 0. The van der Waals surface area contributed by atoms with Crippen LogP contribution in [0.2, 0.25) is 0 Å². The lowest BCUT2D eigenvalue weighted by molar-refractivity contribution is 1.20. The average Bonchev–Trinajstić information content (AvgIpc) is 2.62. The second-order valence-electron chi connectivity index (χ2n) is 2.51. The molecule has 0 bridgehead atoms. The molecule has 0 fully saturated rings. The Balaban J connectivity index is 2.68. The minimum absolute atomic E-state index is 1.06. The Morgan fingerprint density at radius 3 is 3.08 bits per heavy atom. The highest BCUT2D eigenvalue weighted by Crippen LogP contribution is 2.33. The first-order valence-corrected chi connectivity index (χ1v) is 5.14. The smallest absolute Gasteiger partial charge is 0.129 e. The Morgan fingerprint density at radius 2 is 2.08 bits per heavy atom. The van der Waals surface area contributed by atoms with E-state index in [0.29, 0.717) is 0 Å². The molecule has 2 nitrogen and oxygen atoms in total. The summed E-state index contributed by atoms with van der Waals surface area (Å²) in [6, 6.07) is 8.30. The SMILES string of the molecule is c1ccc2c(c1)sc1snnc12. The van der Waals surface area contributed by atoms with E-state index in [1.807, 2.05) is 6.07 Å². The molecule has 0 aliphatic rings. The van der Waals surface area contributed by atoms with Crippen LogP contribution in [0.3, 0.4) is 0 Å². The Labute approximate surface area is 76.6 Å². The molecule has 0 N–H and O–H groups in total. The number of nitrogens with zero attached hydrogens (tertiary/aromatic N) is 2. The molecule has 3 rings (SSSR count). The summed E-state index contributed by atoms with van der Waals surface area (Å²) < 4.78 is 6.43. The Hall–Kier alpha value is -1.00. The van der Waals surface area contributed by atoms with Crippen molar-refractivity contribution in [3.63, 3.8) is 0 Å². The molecule has 0 aliphatic heterocycles. The molecule has 0 spiro atoms. The van der Waals surface area contributed by atoms with Crippen LogP contribution in [-0.4, -0.2) is 9.59 Å². The zero-order valence-corrected chi connectivity index (χ0v) is 7.65. The van der Waals surface area contributed by atoms with E-state index >= 15 is 0 Å². The molecule has 2 aromatic heterocycles. The van der Waals surface area contributed by atoms with Crippen molar-refractivity contribution in [1.29, 1.82) is 0 Å². The molecule has 3 aromatic rings. The summed E-state index contributed by atoms with van der Waals surface area (Å²) >= 11 is 3.23. The summed E-state index contributed by atoms with van der Waals surface area (Å²) in [5.74, 6) is 0. The van der Waals surface area contributed by atoms with Gasteiger partial charge in [0.25, 0.3) is 0 Å². The summed E-state index contributed by atoms with van der Waals surface area (Å²) in [5, 5.41) is 5.31. The summed E-state index contributed by atoms with van der Waals surface area (Å²) in [7, 11) is 0. The maximum atomic E-state index is 4.09. The van der Waals surface area contributed by atoms with Crippen LogP contribution in [0.4, 0.5) is 0 Å². The second-order valence-corrected chi connectivity index (χ2v) is 4.57. The van der Waals surface area contributed by atoms with Gasteiger partial charge in [0, 0.05) is 10.1 Å². The van der Waals surface area contributed by atoms with E-state index in [1.54, 1.807) is 11.3 Å². The van der Waals surface area contributed by atoms with Crippen LogP contribution in [0.5, 0.6) is 0 Å². The lowest BCUT2D eigenvalue weighted by atomic mass is 10.2. The van der Waals surface area contributed by atoms with E-state index in [9.17, 15) is 0 Å². The zero-order chi connectivity index (χ0) is 7.97. The first-order valence-electron chi connectivity index (χ1n) is 3.55. The molecule has 0 radical (unpaired) electrons. The van der Waals surface area contributed by atoms with Crippen LogP contribution in [0, 0.1) is 0 Å². The van der Waals surface area contributed by atoms with Crippen molar-refractivity contribution in [2.75, 3.05) is 0 Å². The Morgan fingerprint density at radius 1 is 1.17 bits per heavy atom. The fourth-order valence-corrected chi connectivity index (χ4v) is 3.09. The summed E-state index contributed by atoms with van der Waals surface area (Å²) in [4.78, 5) is 0. The van der Waals surface area contributed by atoms with Crippen LogP contribution < -0.4 is 0 Å². The van der Waals surface area contributed by atoms with Crippen LogP contribution in [0.15, 0.2) is 24.3 Å². The molecular formula is C8H4N2S2. The lowest BCUT2D eigenvalue weighted by Gasteiger charge is -1.83. The van der Waals surface area contributed by atoms with E-state index in [-0.39, 0.29) is 0 Å². The van der Waals surface area contributed by atoms with Gasteiger partial charge in [-0.2, -0.15) is 0 Å². The fourth-order valence-electron chi connectivity index (χ4n) is 1.26. The minimum Gasteiger partial charge on any atom is -0.136 e. The van der Waals surface area contributed by atoms with Gasteiger partial charge in [-0.15, -0.1) is 16.4 Å². The number of aromatic nitrogens is 2. The first kappa shape index (κ1) is 6.51. The van der Waals surface area contributed by atoms with Crippen molar-refractivity contribution >= 4 is 42.5 Å². The van der Waals surface area contributed by atoms with Gasteiger partial charge in [-0.05, 0) is 17.6 Å². The molecule has 0 unspecified atom stereocenters. The molecule has 58 valence electrons. The molecule has 0 saturated carbocycles. The standard InChI is InChI=1S/C8H4N2S2/c1-2-4-6-5(3-1)7-8(11-6)12-10-9-7/h1-4H. The Kier molecular flexibility index (Phi) is 1.22. The highest BCUT2D eigenvalue weighted by molar-refractivity contribution is 7.39. The third-order valence-corrected chi connectivity index (χ3v) is 3.75. The summed E-state index contributed by atoms with van der Waals surface area (Å²) in [6.45, 7) is 0. The molecule has 2 heterocycles. The lowest BCUT2D eigenvalue weighted by Crippen LogP contribution is -1.65. The number of hydrogen-bond donors (Lipinski definition) is 0. The van der Waals surface area contributed by atoms with Gasteiger partial charge >= 0.3 is 0 Å².